The maximum atomic E-state index is 13.7. The van der Waals surface area contributed by atoms with Crippen molar-refractivity contribution in [1.82, 2.24) is 20.1 Å². The molecule has 10 heteroatoms. The third kappa shape index (κ3) is 6.38. The van der Waals surface area contributed by atoms with Gasteiger partial charge in [-0.15, -0.1) is 11.3 Å². The van der Waals surface area contributed by atoms with Crippen LogP contribution in [0.1, 0.15) is 52.7 Å². The summed E-state index contributed by atoms with van der Waals surface area (Å²) in [6.07, 6.45) is 2.76. The fourth-order valence-corrected chi connectivity index (χ4v) is 6.57. The Morgan fingerprint density at radius 3 is 2.44 bits per heavy atom. The molecule has 0 spiro atoms. The highest BCUT2D eigenvalue weighted by atomic mass is 32.1. The van der Waals surface area contributed by atoms with Gasteiger partial charge in [-0.25, -0.2) is 4.98 Å². The lowest BCUT2D eigenvalue weighted by atomic mass is 9.80. The Bertz CT molecular complexity index is 1400. The van der Waals surface area contributed by atoms with Crippen molar-refractivity contribution >= 4 is 39.3 Å². The molecule has 9 nitrogen and oxygen atoms in total. The molecule has 41 heavy (non-hydrogen) atoms. The SMILES string of the molecule is CCCCOC(=O)CC1(C(=O)NCc2nc3cc(C(=O)N4CCN(C)CC4)c(OC)cc3s2)Cc2ccccc2C1. The first-order valence-corrected chi connectivity index (χ1v) is 15.1. The lowest BCUT2D eigenvalue weighted by Crippen LogP contribution is -2.47. The van der Waals surface area contributed by atoms with Crippen LogP contribution in [-0.4, -0.2) is 79.5 Å². The number of thiazole rings is 1. The summed E-state index contributed by atoms with van der Waals surface area (Å²) in [6.45, 7) is 5.64. The van der Waals surface area contributed by atoms with Gasteiger partial charge in [0.15, 0.2) is 0 Å². The first-order chi connectivity index (χ1) is 19.8. The molecule has 1 aliphatic carbocycles. The third-order valence-electron chi connectivity index (χ3n) is 8.08. The summed E-state index contributed by atoms with van der Waals surface area (Å²) in [4.78, 5) is 48.6. The number of nitrogens with one attached hydrogen (secondary N) is 1. The number of ether oxygens (including phenoxy) is 2. The molecule has 0 radical (unpaired) electrons. The average Bonchev–Trinajstić information content (AvgIpc) is 3.56. The van der Waals surface area contributed by atoms with Crippen LogP contribution in [0.4, 0.5) is 0 Å². The summed E-state index contributed by atoms with van der Waals surface area (Å²) in [6, 6.07) is 11.6. The van der Waals surface area contributed by atoms with Crippen LogP contribution in [0.25, 0.3) is 10.2 Å². The monoisotopic (exact) mass is 578 g/mol. The zero-order chi connectivity index (χ0) is 29.0. The quantitative estimate of drug-likeness (QED) is 0.288. The third-order valence-corrected chi connectivity index (χ3v) is 9.09. The second-order valence-corrected chi connectivity index (χ2v) is 12.2. The topological polar surface area (TPSA) is 101 Å². The number of carbonyl (C=O) groups excluding carboxylic acids is 3. The van der Waals surface area contributed by atoms with Crippen molar-refractivity contribution in [3.8, 4) is 5.75 Å². The number of benzene rings is 2. The van der Waals surface area contributed by atoms with Gasteiger partial charge in [0.25, 0.3) is 5.91 Å². The minimum atomic E-state index is -0.894. The van der Waals surface area contributed by atoms with Crippen LogP contribution in [-0.2, 0) is 33.7 Å². The molecule has 1 N–H and O–H groups in total. The number of unbranched alkanes of at least 4 members (excludes halogenated alkanes) is 1. The Morgan fingerprint density at radius 2 is 1.78 bits per heavy atom. The predicted octanol–water partition coefficient (Wildman–Crippen LogP) is 3.83. The summed E-state index contributed by atoms with van der Waals surface area (Å²) in [7, 11) is 3.62. The van der Waals surface area contributed by atoms with Gasteiger partial charge in [-0.05, 0) is 43.5 Å². The van der Waals surface area contributed by atoms with E-state index in [9.17, 15) is 14.4 Å². The highest BCUT2D eigenvalue weighted by Crippen LogP contribution is 2.40. The molecule has 0 atom stereocenters. The molecule has 2 aromatic carbocycles. The molecule has 5 rings (SSSR count). The van der Waals surface area contributed by atoms with Crippen molar-refractivity contribution in [3.05, 3.63) is 58.1 Å². The number of hydrogen-bond donors (Lipinski definition) is 1. The van der Waals surface area contributed by atoms with Crippen molar-refractivity contribution in [2.24, 2.45) is 5.41 Å². The molecule has 0 saturated carbocycles. The second kappa shape index (κ2) is 12.6. The summed E-state index contributed by atoms with van der Waals surface area (Å²) in [5.74, 6) is -0.0619. The Kier molecular flexibility index (Phi) is 8.89. The van der Waals surface area contributed by atoms with E-state index in [4.69, 9.17) is 14.5 Å². The van der Waals surface area contributed by atoms with Gasteiger partial charge in [0, 0.05) is 32.2 Å². The number of esters is 1. The number of nitrogens with zero attached hydrogens (tertiary/aromatic N) is 3. The van der Waals surface area contributed by atoms with Crippen LogP contribution in [0.5, 0.6) is 5.75 Å². The van der Waals surface area contributed by atoms with Crippen LogP contribution in [0.2, 0.25) is 0 Å². The molecule has 1 aliphatic heterocycles. The van der Waals surface area contributed by atoms with Gasteiger partial charge in [0.05, 0.1) is 47.9 Å². The van der Waals surface area contributed by atoms with E-state index in [1.165, 1.54) is 11.3 Å². The molecular weight excluding hydrogens is 540 g/mol. The number of carbonyl (C=O) groups is 3. The van der Waals surface area contributed by atoms with Crippen LogP contribution in [0.3, 0.4) is 0 Å². The van der Waals surface area contributed by atoms with E-state index in [1.54, 1.807) is 13.2 Å². The fraction of sp³-hybridized carbons (Fsp3) is 0.484. The van der Waals surface area contributed by atoms with Crippen molar-refractivity contribution < 1.29 is 23.9 Å². The average molecular weight is 579 g/mol. The van der Waals surface area contributed by atoms with Gasteiger partial charge in [0.2, 0.25) is 5.91 Å². The van der Waals surface area contributed by atoms with Crippen LogP contribution in [0, 0.1) is 5.41 Å². The molecule has 218 valence electrons. The predicted molar refractivity (Wildman–Crippen MR) is 158 cm³/mol. The minimum absolute atomic E-state index is 0.0338. The second-order valence-electron chi connectivity index (χ2n) is 11.1. The summed E-state index contributed by atoms with van der Waals surface area (Å²) < 4.78 is 11.9. The van der Waals surface area contributed by atoms with Gasteiger partial charge in [-0.3, -0.25) is 14.4 Å². The number of methoxy groups -OCH3 is 1. The van der Waals surface area contributed by atoms with Gasteiger partial charge >= 0.3 is 5.97 Å². The maximum Gasteiger partial charge on any atom is 0.306 e. The maximum absolute atomic E-state index is 13.7. The molecule has 3 aromatic rings. The van der Waals surface area contributed by atoms with Crippen LogP contribution in [0.15, 0.2) is 36.4 Å². The van der Waals surface area contributed by atoms with Crippen molar-refractivity contribution in [1.29, 1.82) is 0 Å². The molecular formula is C31H38N4O5S. The Labute approximate surface area is 244 Å². The number of fused-ring (bicyclic) bond motifs is 2. The Morgan fingerprint density at radius 1 is 1.07 bits per heavy atom. The van der Waals surface area contributed by atoms with Gasteiger partial charge in [-0.1, -0.05) is 37.6 Å². The lowest BCUT2D eigenvalue weighted by molar-refractivity contribution is -0.150. The number of likely N-dealkylation sites (N-methyl/N-ethyl adjacent to an activating group) is 1. The van der Waals surface area contributed by atoms with E-state index in [-0.39, 0.29) is 30.7 Å². The lowest BCUT2D eigenvalue weighted by Gasteiger charge is -2.32. The molecule has 1 fully saturated rings. The van der Waals surface area contributed by atoms with Gasteiger partial charge in [-0.2, -0.15) is 0 Å². The van der Waals surface area contributed by atoms with E-state index in [1.807, 2.05) is 42.2 Å². The Hall–Kier alpha value is -3.50. The number of amides is 2. The summed E-state index contributed by atoms with van der Waals surface area (Å²) >= 11 is 1.45. The molecule has 2 amide bonds. The van der Waals surface area contributed by atoms with E-state index in [0.717, 1.165) is 46.8 Å². The van der Waals surface area contributed by atoms with E-state index in [0.29, 0.717) is 49.4 Å². The van der Waals surface area contributed by atoms with Gasteiger partial charge < -0.3 is 24.6 Å². The number of piperazine rings is 1. The highest BCUT2D eigenvalue weighted by Gasteiger charge is 2.45. The first kappa shape index (κ1) is 29.0. The van der Waals surface area contributed by atoms with Crippen LogP contribution < -0.4 is 10.1 Å². The number of aromatic nitrogens is 1. The summed E-state index contributed by atoms with van der Waals surface area (Å²) in [5, 5.41) is 3.78. The normalized spacial score (nSPS) is 16.4. The molecule has 1 aromatic heterocycles. The summed E-state index contributed by atoms with van der Waals surface area (Å²) in [5.41, 5.74) is 2.48. The van der Waals surface area contributed by atoms with E-state index in [2.05, 4.69) is 17.3 Å². The standard InChI is InChI=1S/C31H38N4O5S/c1-4-5-14-40-28(36)19-31(17-21-8-6-7-9-22(21)18-31)30(38)32-20-27-33-24-15-23(25(39-3)16-26(24)41-27)29(37)35-12-10-34(2)11-13-35/h6-9,15-16H,4-5,10-14,17-20H2,1-3H3,(H,32,38). The number of rotatable bonds is 10. The fourth-order valence-electron chi connectivity index (χ4n) is 5.66. The molecule has 0 bridgehead atoms. The zero-order valence-corrected chi connectivity index (χ0v) is 24.8. The van der Waals surface area contributed by atoms with Crippen molar-refractivity contribution in [3.63, 3.8) is 0 Å². The zero-order valence-electron chi connectivity index (χ0n) is 24.0. The van der Waals surface area contributed by atoms with Crippen LogP contribution >= 0.6 is 11.3 Å². The number of hydrogen-bond acceptors (Lipinski definition) is 8. The first-order valence-electron chi connectivity index (χ1n) is 14.3. The Balaban J connectivity index is 1.31. The molecule has 2 heterocycles. The van der Waals surface area contributed by atoms with E-state index >= 15 is 0 Å². The largest absolute Gasteiger partial charge is 0.496 e. The van der Waals surface area contributed by atoms with Crippen molar-refractivity contribution in [2.45, 2.75) is 45.6 Å². The molecule has 0 unspecified atom stereocenters. The molecule has 1 saturated heterocycles. The minimum Gasteiger partial charge on any atom is -0.496 e. The smallest absolute Gasteiger partial charge is 0.306 e. The van der Waals surface area contributed by atoms with E-state index < -0.39 is 5.41 Å². The van der Waals surface area contributed by atoms with Crippen molar-refractivity contribution in [2.75, 3.05) is 46.9 Å². The highest BCUT2D eigenvalue weighted by molar-refractivity contribution is 7.18. The molecule has 2 aliphatic rings. The van der Waals surface area contributed by atoms with Gasteiger partial charge in [0.1, 0.15) is 10.8 Å².